The lowest BCUT2D eigenvalue weighted by Gasteiger charge is -2.19. The van der Waals surface area contributed by atoms with Crippen molar-refractivity contribution in [3.63, 3.8) is 0 Å². The quantitative estimate of drug-likeness (QED) is 0.715. The van der Waals surface area contributed by atoms with Crippen molar-refractivity contribution in [3.8, 4) is 11.5 Å². The van der Waals surface area contributed by atoms with Crippen LogP contribution in [0.15, 0.2) is 18.2 Å². The average Bonchev–Trinajstić information content (AvgIpc) is 2.97. The molecule has 4 N–H and O–H groups in total. The van der Waals surface area contributed by atoms with E-state index in [4.69, 9.17) is 15.2 Å². The molecule has 1 aromatic carbocycles. The van der Waals surface area contributed by atoms with Gasteiger partial charge in [0.2, 0.25) is 0 Å². The molecule has 2 heterocycles. The number of nitrogens with two attached hydrogens (primary N) is 1. The molecular weight excluding hydrogens is 354 g/mol. The summed E-state index contributed by atoms with van der Waals surface area (Å²) in [6, 6.07) is 4.91. The summed E-state index contributed by atoms with van der Waals surface area (Å²) in [6.45, 7) is 1.76. The van der Waals surface area contributed by atoms with Crippen LogP contribution in [0.1, 0.15) is 31.2 Å². The van der Waals surface area contributed by atoms with Gasteiger partial charge in [0.1, 0.15) is 11.5 Å². The number of carbonyl (C=O) groups excluding carboxylic acids is 2. The number of benzene rings is 1. The van der Waals surface area contributed by atoms with Crippen LogP contribution in [-0.2, 0) is 13.0 Å². The fourth-order valence-electron chi connectivity index (χ4n) is 3.12. The molecule has 0 radical (unpaired) electrons. The van der Waals surface area contributed by atoms with Gasteiger partial charge in [0.25, 0.3) is 11.8 Å². The van der Waals surface area contributed by atoms with Crippen LogP contribution in [0.5, 0.6) is 11.5 Å². The van der Waals surface area contributed by atoms with Gasteiger partial charge in [-0.3, -0.25) is 9.59 Å². The lowest BCUT2D eigenvalue weighted by atomic mass is 10.0. The van der Waals surface area contributed by atoms with E-state index in [1.54, 1.807) is 18.2 Å². The molecule has 0 spiro atoms. The van der Waals surface area contributed by atoms with Crippen molar-refractivity contribution in [1.29, 1.82) is 0 Å². The molecule has 7 nitrogen and oxygen atoms in total. The van der Waals surface area contributed by atoms with Crippen LogP contribution in [0.2, 0.25) is 0 Å². The van der Waals surface area contributed by atoms with Gasteiger partial charge in [-0.15, -0.1) is 11.3 Å². The molecule has 0 bridgehead atoms. The van der Waals surface area contributed by atoms with Crippen LogP contribution in [0.25, 0.3) is 0 Å². The summed E-state index contributed by atoms with van der Waals surface area (Å²) in [5, 5.41) is 3.35. The first kappa shape index (κ1) is 18.2. The molecule has 26 heavy (non-hydrogen) atoms. The van der Waals surface area contributed by atoms with E-state index in [9.17, 15) is 9.59 Å². The van der Waals surface area contributed by atoms with E-state index < -0.39 is 5.91 Å². The normalized spacial score (nSPS) is 15.9. The van der Waals surface area contributed by atoms with E-state index in [1.807, 2.05) is 0 Å². The Balaban J connectivity index is 1.91. The molecule has 3 rings (SSSR count). The van der Waals surface area contributed by atoms with Crippen LogP contribution in [0.4, 0.5) is 5.00 Å². The molecule has 1 aromatic heterocycles. The van der Waals surface area contributed by atoms with E-state index in [1.165, 1.54) is 30.5 Å². The van der Waals surface area contributed by atoms with Crippen LogP contribution in [0.3, 0.4) is 0 Å². The molecule has 1 unspecified atom stereocenters. The summed E-state index contributed by atoms with van der Waals surface area (Å²) in [5.74, 6) is 0.169. The number of carbonyl (C=O) groups is 2. The molecule has 1 aliphatic rings. The van der Waals surface area contributed by atoms with Gasteiger partial charge >= 0.3 is 0 Å². The third-order valence-corrected chi connectivity index (χ3v) is 5.62. The van der Waals surface area contributed by atoms with Crippen LogP contribution in [0, 0.1) is 0 Å². The van der Waals surface area contributed by atoms with Crippen molar-refractivity contribution in [2.24, 2.45) is 5.73 Å². The van der Waals surface area contributed by atoms with Crippen LogP contribution < -0.4 is 25.4 Å². The van der Waals surface area contributed by atoms with E-state index in [2.05, 4.69) is 12.4 Å². The van der Waals surface area contributed by atoms with Gasteiger partial charge in [-0.05, 0) is 23.8 Å². The Morgan fingerprint density at radius 3 is 2.62 bits per heavy atom. The number of nitrogens with one attached hydrogen (secondary N) is 2. The van der Waals surface area contributed by atoms with Gasteiger partial charge in [0.05, 0.1) is 38.3 Å². The molecule has 138 valence electrons. The first-order chi connectivity index (χ1) is 12.4. The van der Waals surface area contributed by atoms with E-state index in [0.29, 0.717) is 27.6 Å². The zero-order valence-electron chi connectivity index (χ0n) is 15.0. The monoisotopic (exact) mass is 376 g/mol. The van der Waals surface area contributed by atoms with Crippen LogP contribution in [-0.4, -0.2) is 39.6 Å². The zero-order valence-corrected chi connectivity index (χ0v) is 15.8. The Bertz CT molecular complexity index is 862. The zero-order chi connectivity index (χ0) is 18.8. The number of amides is 2. The Labute approximate surface area is 155 Å². The second-order valence-electron chi connectivity index (χ2n) is 6.23. The minimum Gasteiger partial charge on any atom is -0.493 e. The number of hydrogen-bond acceptors (Lipinski definition) is 5. The molecule has 0 fully saturated rings. The Hall–Kier alpha value is -2.58. The number of primary amides is 1. The van der Waals surface area contributed by atoms with Crippen molar-refractivity contribution >= 4 is 28.2 Å². The Morgan fingerprint density at radius 1 is 1.23 bits per heavy atom. The summed E-state index contributed by atoms with van der Waals surface area (Å²) in [5.41, 5.74) is 7.40. The van der Waals surface area contributed by atoms with Gasteiger partial charge in [-0.1, -0.05) is 0 Å². The fraction of sp³-hybridized carbons (Fsp3) is 0.333. The minimum atomic E-state index is -0.510. The van der Waals surface area contributed by atoms with Gasteiger partial charge in [-0.2, -0.15) is 0 Å². The number of likely N-dealkylation sites (N-methyl/N-ethyl adjacent to an activating group) is 1. The summed E-state index contributed by atoms with van der Waals surface area (Å²) < 4.78 is 10.4. The van der Waals surface area contributed by atoms with E-state index in [0.717, 1.165) is 30.0 Å². The first-order valence-electron chi connectivity index (χ1n) is 8.23. The van der Waals surface area contributed by atoms with Crippen molar-refractivity contribution in [3.05, 3.63) is 39.8 Å². The Kier molecular flexibility index (Phi) is 5.15. The maximum Gasteiger partial charge on any atom is 0.256 e. The maximum absolute atomic E-state index is 12.7. The van der Waals surface area contributed by atoms with Gasteiger partial charge < -0.3 is 25.4 Å². The molecule has 2 amide bonds. The standard InChI is InChI=1S/C18H21N3O4S/c1-21-7-6-11-14(9-21)26-18(15(11)16(19)22)20-17(23)10-4-5-12(24-2)13(8-10)25-3/h4-5,8H,6-7,9H2,1-3H3,(H2,19,22)(H,20,23)/p+1. The number of anilines is 1. The molecule has 0 saturated heterocycles. The highest BCUT2D eigenvalue weighted by Crippen LogP contribution is 2.35. The number of hydrogen-bond donors (Lipinski definition) is 3. The fourth-order valence-corrected chi connectivity index (χ4v) is 4.48. The second-order valence-corrected chi connectivity index (χ2v) is 7.34. The number of rotatable bonds is 5. The van der Waals surface area contributed by atoms with Crippen molar-refractivity contribution in [2.75, 3.05) is 33.1 Å². The number of methoxy groups -OCH3 is 2. The summed E-state index contributed by atoms with van der Waals surface area (Å²) in [7, 11) is 5.15. The highest BCUT2D eigenvalue weighted by atomic mass is 32.1. The second kappa shape index (κ2) is 7.35. The van der Waals surface area contributed by atoms with Gasteiger partial charge in [-0.25, -0.2) is 0 Å². The van der Waals surface area contributed by atoms with E-state index >= 15 is 0 Å². The summed E-state index contributed by atoms with van der Waals surface area (Å²) >= 11 is 1.43. The molecule has 8 heteroatoms. The maximum atomic E-state index is 12.7. The third kappa shape index (κ3) is 3.38. The summed E-state index contributed by atoms with van der Waals surface area (Å²) in [6.07, 6.45) is 0.780. The molecule has 1 aliphatic heterocycles. The number of quaternary nitrogens is 1. The average molecular weight is 376 g/mol. The van der Waals surface area contributed by atoms with Gasteiger partial charge in [0, 0.05) is 12.0 Å². The summed E-state index contributed by atoms with van der Waals surface area (Å²) in [4.78, 5) is 27.1. The number of fused-ring (bicyclic) bond motifs is 1. The van der Waals surface area contributed by atoms with Crippen molar-refractivity contribution < 1.29 is 24.0 Å². The SMILES string of the molecule is COc1ccc(C(=O)Nc2sc3c(c2C(N)=O)CC[NH+](C)C3)cc1OC. The predicted octanol–water partition coefficient (Wildman–Crippen LogP) is 0.687. The molecular formula is C18H22N3O4S+. The highest BCUT2D eigenvalue weighted by molar-refractivity contribution is 7.17. The van der Waals surface area contributed by atoms with Crippen molar-refractivity contribution in [2.45, 2.75) is 13.0 Å². The topological polar surface area (TPSA) is 95.1 Å². The van der Waals surface area contributed by atoms with Crippen LogP contribution >= 0.6 is 11.3 Å². The Morgan fingerprint density at radius 2 is 1.96 bits per heavy atom. The molecule has 0 aliphatic carbocycles. The number of ether oxygens (including phenoxy) is 2. The smallest absolute Gasteiger partial charge is 0.256 e. The molecule has 0 saturated carbocycles. The molecule has 1 atom stereocenters. The highest BCUT2D eigenvalue weighted by Gasteiger charge is 2.28. The largest absolute Gasteiger partial charge is 0.493 e. The van der Waals surface area contributed by atoms with Crippen molar-refractivity contribution in [1.82, 2.24) is 0 Å². The molecule has 2 aromatic rings. The predicted molar refractivity (Wildman–Crippen MR) is 99.5 cm³/mol. The number of thiophene rings is 1. The lowest BCUT2D eigenvalue weighted by molar-refractivity contribution is -0.895. The van der Waals surface area contributed by atoms with E-state index in [-0.39, 0.29) is 5.91 Å². The van der Waals surface area contributed by atoms with Gasteiger partial charge in [0.15, 0.2) is 11.5 Å². The third-order valence-electron chi connectivity index (χ3n) is 4.47. The minimum absolute atomic E-state index is 0.326. The lowest BCUT2D eigenvalue weighted by Crippen LogP contribution is -3.08. The first-order valence-corrected chi connectivity index (χ1v) is 9.05.